The van der Waals surface area contributed by atoms with E-state index in [1.165, 1.54) is 22.2 Å². The zero-order chi connectivity index (χ0) is 22.3. The molecule has 3 aliphatic carbocycles. The number of fused-ring (bicyclic) bond motifs is 8. The largest absolute Gasteiger partial charge is 0.389 e. The van der Waals surface area contributed by atoms with Gasteiger partial charge in [-0.3, -0.25) is 4.79 Å². The number of H-pyrrole nitrogens is 1. The van der Waals surface area contributed by atoms with Crippen LogP contribution in [0.5, 0.6) is 0 Å². The Morgan fingerprint density at radius 3 is 2.72 bits per heavy atom. The topological polar surface area (TPSA) is 71.6 Å². The Bertz CT molecular complexity index is 1240. The van der Waals surface area contributed by atoms with Gasteiger partial charge in [0.15, 0.2) is 11.6 Å². The van der Waals surface area contributed by atoms with Gasteiger partial charge >= 0.3 is 0 Å². The van der Waals surface area contributed by atoms with Gasteiger partial charge in [0.2, 0.25) is 0 Å². The molecule has 7 rings (SSSR count). The summed E-state index contributed by atoms with van der Waals surface area (Å²) in [5.41, 5.74) is 4.79. The summed E-state index contributed by atoms with van der Waals surface area (Å²) < 4.78 is 12.9. The van der Waals surface area contributed by atoms with E-state index in [0.717, 1.165) is 30.4 Å². The maximum absolute atomic E-state index is 13.1. The van der Waals surface area contributed by atoms with E-state index >= 15 is 0 Å². The fraction of sp³-hybridized carbons (Fsp3) is 0.593. The van der Waals surface area contributed by atoms with Crippen molar-refractivity contribution in [2.75, 3.05) is 0 Å². The van der Waals surface area contributed by atoms with Gasteiger partial charge in [0.05, 0.1) is 11.7 Å². The maximum Gasteiger partial charge on any atom is 0.193 e. The molecule has 1 saturated carbocycles. The van der Waals surface area contributed by atoms with Crippen LogP contribution in [0.1, 0.15) is 64.6 Å². The van der Waals surface area contributed by atoms with Gasteiger partial charge in [0, 0.05) is 40.3 Å². The van der Waals surface area contributed by atoms with Crippen LogP contribution in [0.25, 0.3) is 10.9 Å². The lowest BCUT2D eigenvalue weighted by Gasteiger charge is -2.59. The summed E-state index contributed by atoms with van der Waals surface area (Å²) in [6, 6.07) is 8.55. The number of ether oxygens (including phenoxy) is 2. The third kappa shape index (κ3) is 1.97. The second-order valence-electron chi connectivity index (χ2n) is 11.7. The Kier molecular flexibility index (Phi) is 3.40. The average molecular weight is 434 g/mol. The Morgan fingerprint density at radius 1 is 1.12 bits per heavy atom. The van der Waals surface area contributed by atoms with Crippen molar-refractivity contribution in [1.82, 2.24) is 4.98 Å². The first kappa shape index (κ1) is 19.5. The van der Waals surface area contributed by atoms with E-state index in [0.29, 0.717) is 18.8 Å². The highest BCUT2D eigenvalue weighted by molar-refractivity contribution is 5.89. The molecule has 2 aliphatic heterocycles. The first-order valence-electron chi connectivity index (χ1n) is 12.0. The molecule has 2 saturated heterocycles. The van der Waals surface area contributed by atoms with Gasteiger partial charge in [-0.05, 0) is 61.8 Å². The zero-order valence-corrected chi connectivity index (χ0v) is 19.2. The minimum atomic E-state index is -0.858. The summed E-state index contributed by atoms with van der Waals surface area (Å²) in [5, 5.41) is 12.9. The van der Waals surface area contributed by atoms with Crippen molar-refractivity contribution in [3.8, 4) is 0 Å². The molecule has 3 unspecified atom stereocenters. The fourth-order valence-electron chi connectivity index (χ4n) is 8.32. The Hall–Kier alpha value is -1.95. The number of ketones is 1. The number of benzene rings is 1. The van der Waals surface area contributed by atoms with Crippen molar-refractivity contribution in [3.63, 3.8) is 0 Å². The van der Waals surface area contributed by atoms with Gasteiger partial charge in [0.25, 0.3) is 0 Å². The molecule has 32 heavy (non-hydrogen) atoms. The number of aliphatic hydroxyl groups is 1. The van der Waals surface area contributed by atoms with E-state index in [9.17, 15) is 9.90 Å². The lowest BCUT2D eigenvalue weighted by molar-refractivity contribution is -0.189. The first-order valence-corrected chi connectivity index (χ1v) is 12.0. The number of Topliss-reactive ketones (excluding diaryl/α,β-unsaturated/α-hetero) is 1. The summed E-state index contributed by atoms with van der Waals surface area (Å²) in [5.74, 6) is -0.420. The van der Waals surface area contributed by atoms with Crippen LogP contribution in [-0.2, 0) is 26.1 Å². The summed E-state index contributed by atoms with van der Waals surface area (Å²) >= 11 is 0. The van der Waals surface area contributed by atoms with E-state index in [1.54, 1.807) is 0 Å². The predicted molar refractivity (Wildman–Crippen MR) is 120 cm³/mol. The van der Waals surface area contributed by atoms with Gasteiger partial charge in [-0.15, -0.1) is 0 Å². The number of hydrogen-bond donors (Lipinski definition) is 2. The van der Waals surface area contributed by atoms with Gasteiger partial charge in [-0.2, -0.15) is 0 Å². The molecule has 168 valence electrons. The second kappa shape index (κ2) is 5.57. The molecule has 0 amide bonds. The number of carbonyl (C=O) groups excluding carboxylic acids is 1. The molecule has 5 heteroatoms. The number of nitrogens with one attached hydrogen (secondary N) is 1. The standard InChI is InChI=1S/C27H31NO4/c1-24(2)23-20(30)13-17-21-19(29)12-14-11-16-15-7-5-6-8-18(15)28-22(16)26(14,4)25(21,3)9-10-27(17,31-23)32-24/h5-8,14,19,23,28-29H,9-13H2,1-4H3/t14?,19-,23?,25?,26+,27-/m0/s1. The molecular weight excluding hydrogens is 402 g/mol. The van der Waals surface area contributed by atoms with Gasteiger partial charge < -0.3 is 19.6 Å². The van der Waals surface area contributed by atoms with Crippen LogP contribution >= 0.6 is 0 Å². The van der Waals surface area contributed by atoms with Crippen LogP contribution in [-0.4, -0.2) is 39.5 Å². The van der Waals surface area contributed by atoms with Crippen molar-refractivity contribution < 1.29 is 19.4 Å². The van der Waals surface area contributed by atoms with Crippen LogP contribution in [0.4, 0.5) is 0 Å². The van der Waals surface area contributed by atoms with E-state index in [2.05, 4.69) is 43.1 Å². The van der Waals surface area contributed by atoms with E-state index in [-0.39, 0.29) is 16.6 Å². The number of aromatic nitrogens is 1. The number of hydrogen-bond acceptors (Lipinski definition) is 4. The lowest BCUT2D eigenvalue weighted by Crippen LogP contribution is -2.59. The molecule has 5 aliphatic rings. The maximum atomic E-state index is 13.1. The molecule has 0 radical (unpaired) electrons. The number of rotatable bonds is 0. The van der Waals surface area contributed by atoms with Crippen LogP contribution in [0.2, 0.25) is 0 Å². The third-order valence-corrected chi connectivity index (χ3v) is 9.93. The van der Waals surface area contributed by atoms with Gasteiger partial charge in [-0.1, -0.05) is 32.0 Å². The Morgan fingerprint density at radius 2 is 1.91 bits per heavy atom. The van der Waals surface area contributed by atoms with Crippen molar-refractivity contribution in [1.29, 1.82) is 0 Å². The quantitative estimate of drug-likeness (QED) is 0.607. The average Bonchev–Trinajstić information content (AvgIpc) is 3.31. The van der Waals surface area contributed by atoms with Crippen molar-refractivity contribution in [2.45, 2.75) is 88.8 Å². The molecule has 2 aromatic rings. The molecule has 3 fully saturated rings. The fourth-order valence-corrected chi connectivity index (χ4v) is 8.32. The van der Waals surface area contributed by atoms with Gasteiger partial charge in [-0.25, -0.2) is 0 Å². The summed E-state index contributed by atoms with van der Waals surface area (Å²) in [6.07, 6.45) is 2.52. The monoisotopic (exact) mass is 433 g/mol. The molecule has 1 spiro atoms. The normalized spacial score (nSPS) is 43.8. The van der Waals surface area contributed by atoms with Crippen LogP contribution in [0.3, 0.4) is 0 Å². The molecular formula is C27H31NO4. The highest BCUT2D eigenvalue weighted by Gasteiger charge is 2.69. The van der Waals surface area contributed by atoms with Crippen LogP contribution in [0, 0.1) is 11.3 Å². The highest BCUT2D eigenvalue weighted by atomic mass is 16.8. The number of aromatic amines is 1. The van der Waals surface area contributed by atoms with E-state index in [4.69, 9.17) is 9.47 Å². The third-order valence-electron chi connectivity index (χ3n) is 9.93. The summed E-state index contributed by atoms with van der Waals surface area (Å²) in [6.45, 7) is 8.61. The molecule has 3 heterocycles. The lowest BCUT2D eigenvalue weighted by atomic mass is 9.46. The smallest absolute Gasteiger partial charge is 0.193 e. The SMILES string of the molecule is CC1(C)O[C@@]23CCC4(C)C(=C2CC(=O)C1O3)[C@@H](O)CC1Cc2c([nH]c3ccccc23)[C@@]14C. The second-order valence-corrected chi connectivity index (χ2v) is 11.7. The summed E-state index contributed by atoms with van der Waals surface area (Å²) in [7, 11) is 0. The van der Waals surface area contributed by atoms with E-state index in [1.807, 2.05) is 13.8 Å². The molecule has 5 nitrogen and oxygen atoms in total. The molecule has 2 bridgehead atoms. The van der Waals surface area contributed by atoms with Crippen LogP contribution in [0.15, 0.2) is 35.4 Å². The first-order chi connectivity index (χ1) is 15.1. The van der Waals surface area contributed by atoms with E-state index < -0.39 is 23.6 Å². The predicted octanol–water partition coefficient (Wildman–Crippen LogP) is 4.32. The zero-order valence-electron chi connectivity index (χ0n) is 19.2. The van der Waals surface area contributed by atoms with Crippen molar-refractivity contribution in [2.24, 2.45) is 11.3 Å². The summed E-state index contributed by atoms with van der Waals surface area (Å²) in [4.78, 5) is 16.9. The molecule has 1 aromatic heterocycles. The van der Waals surface area contributed by atoms with Crippen molar-refractivity contribution >= 4 is 16.7 Å². The number of carbonyl (C=O) groups is 1. The number of aliphatic hydroxyl groups excluding tert-OH is 1. The number of para-hydroxylation sites is 1. The Balaban J connectivity index is 1.47. The van der Waals surface area contributed by atoms with Gasteiger partial charge in [0.1, 0.15) is 6.10 Å². The molecule has 2 N–H and O–H groups in total. The molecule has 6 atom stereocenters. The minimum Gasteiger partial charge on any atom is -0.389 e. The van der Waals surface area contributed by atoms with Crippen molar-refractivity contribution in [3.05, 3.63) is 46.7 Å². The van der Waals surface area contributed by atoms with Crippen LogP contribution < -0.4 is 0 Å². The highest BCUT2D eigenvalue weighted by Crippen LogP contribution is 2.69. The minimum absolute atomic E-state index is 0.0760. The molecule has 1 aromatic carbocycles. The Labute approximate surface area is 188 Å².